The molecule has 0 aliphatic rings. The van der Waals surface area contributed by atoms with Crippen LogP contribution < -0.4 is 15.2 Å². The first-order chi connectivity index (χ1) is 11.3. The van der Waals surface area contributed by atoms with Gasteiger partial charge in [-0.25, -0.2) is 18.4 Å². The van der Waals surface area contributed by atoms with Gasteiger partial charge < -0.3 is 9.47 Å². The molecule has 0 unspecified atom stereocenters. The van der Waals surface area contributed by atoms with Crippen molar-refractivity contribution in [3.8, 4) is 5.75 Å². The fraction of sp³-hybridized carbons (Fsp3) is 0.188. The third-order valence-corrected chi connectivity index (χ3v) is 4.40. The van der Waals surface area contributed by atoms with Crippen LogP contribution in [0.4, 0.5) is 10.5 Å². The average Bonchev–Trinajstić information content (AvgIpc) is 2.54. The minimum atomic E-state index is -3.92. The lowest BCUT2D eigenvalue weighted by Gasteiger charge is -2.15. The molecule has 0 saturated carbocycles. The van der Waals surface area contributed by atoms with Gasteiger partial charge in [0.25, 0.3) is 0 Å². The van der Waals surface area contributed by atoms with Crippen molar-refractivity contribution in [1.82, 2.24) is 0 Å². The molecule has 0 radical (unpaired) electrons. The highest BCUT2D eigenvalue weighted by Gasteiger charge is 2.19. The van der Waals surface area contributed by atoms with Crippen LogP contribution in [0, 0.1) is 6.92 Å². The first-order valence-electron chi connectivity index (χ1n) is 7.01. The van der Waals surface area contributed by atoms with Gasteiger partial charge in [0.05, 0.1) is 17.7 Å². The topological polar surface area (TPSA) is 108 Å². The molecule has 0 atom stereocenters. The molecular weight excluding hydrogens is 332 g/mol. The maximum atomic E-state index is 12.0. The van der Waals surface area contributed by atoms with E-state index in [1.54, 1.807) is 0 Å². The van der Waals surface area contributed by atoms with Crippen molar-refractivity contribution in [2.24, 2.45) is 5.14 Å². The molecule has 128 valence electrons. The minimum Gasteiger partial charge on any atom is -0.495 e. The molecule has 7 nitrogen and oxygen atoms in total. The lowest BCUT2D eigenvalue weighted by Crippen LogP contribution is -2.18. The summed E-state index contributed by atoms with van der Waals surface area (Å²) < 4.78 is 33.5. The molecule has 8 heteroatoms. The van der Waals surface area contributed by atoms with E-state index in [-0.39, 0.29) is 22.8 Å². The third kappa shape index (κ3) is 4.24. The molecule has 2 aromatic rings. The Bertz CT molecular complexity index is 835. The molecule has 0 bridgehead atoms. The van der Waals surface area contributed by atoms with Crippen molar-refractivity contribution < 1.29 is 22.7 Å². The van der Waals surface area contributed by atoms with Crippen LogP contribution in [0.3, 0.4) is 0 Å². The van der Waals surface area contributed by atoms with Gasteiger partial charge in [-0.1, -0.05) is 30.3 Å². The number of amides is 1. The van der Waals surface area contributed by atoms with E-state index in [1.165, 1.54) is 26.2 Å². The fourth-order valence-electron chi connectivity index (χ4n) is 2.16. The van der Waals surface area contributed by atoms with Crippen molar-refractivity contribution >= 4 is 21.8 Å². The molecule has 0 aliphatic heterocycles. The van der Waals surface area contributed by atoms with E-state index in [1.807, 2.05) is 30.3 Å². The number of rotatable bonds is 5. The van der Waals surface area contributed by atoms with Gasteiger partial charge in [-0.05, 0) is 30.2 Å². The Kier molecular flexibility index (Phi) is 5.42. The van der Waals surface area contributed by atoms with E-state index in [0.717, 1.165) is 5.56 Å². The largest absolute Gasteiger partial charge is 0.495 e. The second kappa shape index (κ2) is 7.33. The summed E-state index contributed by atoms with van der Waals surface area (Å²) in [6.07, 6.45) is -0.730. The Labute approximate surface area is 140 Å². The van der Waals surface area contributed by atoms with Gasteiger partial charge >= 0.3 is 6.09 Å². The fourth-order valence-corrected chi connectivity index (χ4v) is 2.95. The molecule has 0 aliphatic carbocycles. The van der Waals surface area contributed by atoms with E-state index in [2.05, 4.69) is 5.32 Å². The van der Waals surface area contributed by atoms with Crippen LogP contribution in [0.1, 0.15) is 11.1 Å². The Morgan fingerprint density at radius 3 is 2.42 bits per heavy atom. The van der Waals surface area contributed by atoms with E-state index in [9.17, 15) is 13.2 Å². The van der Waals surface area contributed by atoms with Crippen LogP contribution in [0.5, 0.6) is 5.75 Å². The summed E-state index contributed by atoms with van der Waals surface area (Å²) in [6, 6.07) is 11.9. The first-order valence-corrected chi connectivity index (χ1v) is 8.55. The number of nitrogens with two attached hydrogens (primary N) is 1. The van der Waals surface area contributed by atoms with Gasteiger partial charge in [0.1, 0.15) is 12.4 Å². The van der Waals surface area contributed by atoms with Gasteiger partial charge in [0, 0.05) is 0 Å². The second-order valence-electron chi connectivity index (χ2n) is 5.00. The molecule has 0 spiro atoms. The average molecular weight is 350 g/mol. The van der Waals surface area contributed by atoms with Crippen molar-refractivity contribution in [3.05, 3.63) is 53.6 Å². The van der Waals surface area contributed by atoms with Gasteiger partial charge in [-0.2, -0.15) is 0 Å². The summed E-state index contributed by atoms with van der Waals surface area (Å²) in [5.74, 6) is 0.302. The molecule has 0 fully saturated rings. The van der Waals surface area contributed by atoms with Crippen LogP contribution in [0.15, 0.2) is 47.4 Å². The van der Waals surface area contributed by atoms with Crippen molar-refractivity contribution in [2.45, 2.75) is 18.4 Å². The van der Waals surface area contributed by atoms with E-state index < -0.39 is 16.1 Å². The number of benzene rings is 2. The second-order valence-corrected chi connectivity index (χ2v) is 6.53. The van der Waals surface area contributed by atoms with E-state index >= 15 is 0 Å². The summed E-state index contributed by atoms with van der Waals surface area (Å²) in [6.45, 7) is 1.61. The number of anilines is 1. The lowest BCUT2D eigenvalue weighted by atomic mass is 10.2. The summed E-state index contributed by atoms with van der Waals surface area (Å²) in [5.41, 5.74) is 1.30. The molecule has 24 heavy (non-hydrogen) atoms. The molecule has 0 aromatic heterocycles. The number of nitrogens with one attached hydrogen (secondary N) is 1. The zero-order valence-electron chi connectivity index (χ0n) is 13.3. The Morgan fingerprint density at radius 2 is 1.83 bits per heavy atom. The molecular formula is C16H18N2O5S. The number of carbonyl (C=O) groups excluding carboxylic acids is 1. The van der Waals surface area contributed by atoms with Crippen LogP contribution in [-0.4, -0.2) is 21.6 Å². The zero-order valence-corrected chi connectivity index (χ0v) is 14.1. The normalized spacial score (nSPS) is 11.0. The third-order valence-electron chi connectivity index (χ3n) is 3.34. The minimum absolute atomic E-state index is 0.0862. The zero-order chi connectivity index (χ0) is 17.7. The van der Waals surface area contributed by atoms with Gasteiger partial charge in [-0.3, -0.25) is 5.32 Å². The van der Waals surface area contributed by atoms with Crippen LogP contribution in [0.25, 0.3) is 0 Å². The van der Waals surface area contributed by atoms with Crippen LogP contribution >= 0.6 is 0 Å². The van der Waals surface area contributed by atoms with E-state index in [0.29, 0.717) is 5.75 Å². The summed E-state index contributed by atoms with van der Waals surface area (Å²) >= 11 is 0. The molecule has 2 rings (SSSR count). The smallest absolute Gasteiger partial charge is 0.412 e. The van der Waals surface area contributed by atoms with E-state index in [4.69, 9.17) is 14.6 Å². The molecule has 3 N–H and O–H groups in total. The monoisotopic (exact) mass is 350 g/mol. The predicted molar refractivity (Wildman–Crippen MR) is 89.4 cm³/mol. The molecule has 0 saturated heterocycles. The Hall–Kier alpha value is -2.58. The highest BCUT2D eigenvalue weighted by atomic mass is 32.2. The van der Waals surface area contributed by atoms with Gasteiger partial charge in [-0.15, -0.1) is 0 Å². The number of hydrogen-bond acceptors (Lipinski definition) is 5. The Balaban J connectivity index is 2.20. The quantitative estimate of drug-likeness (QED) is 0.861. The number of carbonyl (C=O) groups is 1. The highest BCUT2D eigenvalue weighted by Crippen LogP contribution is 2.32. The van der Waals surface area contributed by atoms with Crippen molar-refractivity contribution in [3.63, 3.8) is 0 Å². The first kappa shape index (κ1) is 17.8. The predicted octanol–water partition coefficient (Wildman–Crippen LogP) is 2.40. The maximum absolute atomic E-state index is 12.0. The lowest BCUT2D eigenvalue weighted by molar-refractivity contribution is 0.155. The number of ether oxygens (including phenoxy) is 2. The molecule has 0 heterocycles. The summed E-state index contributed by atoms with van der Waals surface area (Å²) in [5, 5.41) is 7.68. The Morgan fingerprint density at radius 1 is 1.17 bits per heavy atom. The number of methoxy groups -OCH3 is 1. The highest BCUT2D eigenvalue weighted by molar-refractivity contribution is 7.89. The van der Waals surface area contributed by atoms with Crippen LogP contribution in [0.2, 0.25) is 0 Å². The number of sulfonamides is 1. The number of hydrogen-bond donors (Lipinski definition) is 2. The summed E-state index contributed by atoms with van der Waals surface area (Å²) in [7, 11) is -2.51. The standard InChI is InChI=1S/C16H18N2O5S/c1-11-14(24(17,20)21)9-8-13(22-2)15(11)18-16(19)23-10-12-6-4-3-5-7-12/h3-9H,10H2,1-2H3,(H,18,19)(H2,17,20,21). The molecule has 1 amide bonds. The number of primary sulfonamides is 1. The summed E-state index contributed by atoms with van der Waals surface area (Å²) in [4.78, 5) is 11.9. The SMILES string of the molecule is COc1ccc(S(N)(=O)=O)c(C)c1NC(=O)OCc1ccccc1. The van der Waals surface area contributed by atoms with Gasteiger partial charge in [0.15, 0.2) is 0 Å². The van der Waals surface area contributed by atoms with Gasteiger partial charge in [0.2, 0.25) is 10.0 Å². The van der Waals surface area contributed by atoms with Crippen molar-refractivity contribution in [1.29, 1.82) is 0 Å². The van der Waals surface area contributed by atoms with Crippen LogP contribution in [-0.2, 0) is 21.4 Å². The van der Waals surface area contributed by atoms with Crippen molar-refractivity contribution in [2.75, 3.05) is 12.4 Å². The maximum Gasteiger partial charge on any atom is 0.412 e. The molecule has 2 aromatic carbocycles.